The Morgan fingerprint density at radius 2 is 1.42 bits per heavy atom. The highest BCUT2D eigenvalue weighted by molar-refractivity contribution is 5.81. The van der Waals surface area contributed by atoms with Crippen molar-refractivity contribution in [1.82, 2.24) is 5.32 Å². The highest BCUT2D eigenvalue weighted by Crippen LogP contribution is 2.13. The average molecular weight is 252 g/mol. The van der Waals surface area contributed by atoms with E-state index in [9.17, 15) is 0 Å². The van der Waals surface area contributed by atoms with Crippen molar-refractivity contribution in [3.63, 3.8) is 0 Å². The van der Waals surface area contributed by atoms with Gasteiger partial charge in [-0.25, -0.2) is 0 Å². The van der Waals surface area contributed by atoms with Crippen molar-refractivity contribution in [2.45, 2.75) is 26.9 Å². The van der Waals surface area contributed by atoms with E-state index in [-0.39, 0.29) is 0 Å². The molecule has 0 saturated heterocycles. The summed E-state index contributed by atoms with van der Waals surface area (Å²) >= 11 is 0. The van der Waals surface area contributed by atoms with E-state index in [2.05, 4.69) is 58.8 Å². The zero-order valence-electron chi connectivity index (χ0n) is 11.6. The van der Waals surface area contributed by atoms with Crippen LogP contribution in [0.1, 0.15) is 25.0 Å². The number of benzene rings is 2. The SMILES string of the molecule is CC(C)=Nc1ccc(CNCc2ccccc2)cc1. The summed E-state index contributed by atoms with van der Waals surface area (Å²) in [7, 11) is 0. The van der Waals surface area contributed by atoms with Crippen LogP contribution >= 0.6 is 0 Å². The number of hydrogen-bond donors (Lipinski definition) is 1. The Hall–Kier alpha value is -1.93. The third kappa shape index (κ3) is 4.68. The van der Waals surface area contributed by atoms with Gasteiger partial charge in [0.25, 0.3) is 0 Å². The van der Waals surface area contributed by atoms with Crippen LogP contribution in [0.15, 0.2) is 59.6 Å². The molecule has 0 atom stereocenters. The molecule has 0 aromatic heterocycles. The molecular formula is C17H20N2. The Labute approximate surface area is 115 Å². The van der Waals surface area contributed by atoms with Crippen molar-refractivity contribution in [2.75, 3.05) is 0 Å². The molecule has 0 aliphatic carbocycles. The highest BCUT2D eigenvalue weighted by Gasteiger charge is 1.95. The molecule has 2 aromatic rings. The van der Waals surface area contributed by atoms with Crippen molar-refractivity contribution < 1.29 is 0 Å². The fourth-order valence-electron chi connectivity index (χ4n) is 1.89. The minimum atomic E-state index is 0.879. The molecule has 0 amide bonds. The lowest BCUT2D eigenvalue weighted by atomic mass is 10.2. The van der Waals surface area contributed by atoms with E-state index in [1.807, 2.05) is 19.9 Å². The van der Waals surface area contributed by atoms with E-state index in [0.29, 0.717) is 0 Å². The van der Waals surface area contributed by atoms with Gasteiger partial charge in [-0.3, -0.25) is 4.99 Å². The molecule has 0 unspecified atom stereocenters. The summed E-state index contributed by atoms with van der Waals surface area (Å²) < 4.78 is 0. The van der Waals surface area contributed by atoms with Gasteiger partial charge < -0.3 is 5.32 Å². The minimum Gasteiger partial charge on any atom is -0.309 e. The molecule has 2 heteroatoms. The fraction of sp³-hybridized carbons (Fsp3) is 0.235. The number of aliphatic imine (C=N–C) groups is 1. The van der Waals surface area contributed by atoms with Crippen molar-refractivity contribution in [3.05, 3.63) is 65.7 Å². The summed E-state index contributed by atoms with van der Waals surface area (Å²) in [6, 6.07) is 18.8. The molecule has 0 saturated carbocycles. The zero-order valence-corrected chi connectivity index (χ0v) is 11.6. The molecule has 0 bridgehead atoms. The molecule has 2 rings (SSSR count). The van der Waals surface area contributed by atoms with E-state index < -0.39 is 0 Å². The standard InChI is InChI=1S/C17H20N2/c1-14(2)19-17-10-8-16(9-11-17)13-18-12-15-6-4-3-5-7-15/h3-11,18H,12-13H2,1-2H3. The van der Waals surface area contributed by atoms with Gasteiger partial charge in [-0.1, -0.05) is 42.5 Å². The van der Waals surface area contributed by atoms with Crippen molar-refractivity contribution in [2.24, 2.45) is 4.99 Å². The Morgan fingerprint density at radius 3 is 2.00 bits per heavy atom. The van der Waals surface area contributed by atoms with Crippen LogP contribution in [0.25, 0.3) is 0 Å². The van der Waals surface area contributed by atoms with E-state index in [0.717, 1.165) is 24.5 Å². The van der Waals surface area contributed by atoms with Crippen LogP contribution in [-0.2, 0) is 13.1 Å². The monoisotopic (exact) mass is 252 g/mol. The molecule has 0 aliphatic rings. The third-order valence-electron chi connectivity index (χ3n) is 2.79. The van der Waals surface area contributed by atoms with Gasteiger partial charge >= 0.3 is 0 Å². The largest absolute Gasteiger partial charge is 0.309 e. The van der Waals surface area contributed by atoms with Gasteiger partial charge in [-0.15, -0.1) is 0 Å². The molecule has 0 spiro atoms. The first-order valence-corrected chi connectivity index (χ1v) is 6.59. The number of nitrogens with one attached hydrogen (secondary N) is 1. The summed E-state index contributed by atoms with van der Waals surface area (Å²) in [5, 5.41) is 3.44. The van der Waals surface area contributed by atoms with Crippen LogP contribution in [0, 0.1) is 0 Å². The minimum absolute atomic E-state index is 0.879. The summed E-state index contributed by atoms with van der Waals surface area (Å²) in [5.74, 6) is 0. The number of nitrogens with zero attached hydrogens (tertiary/aromatic N) is 1. The lowest BCUT2D eigenvalue weighted by Crippen LogP contribution is -2.12. The molecule has 98 valence electrons. The van der Waals surface area contributed by atoms with E-state index in [1.54, 1.807) is 0 Å². The van der Waals surface area contributed by atoms with E-state index >= 15 is 0 Å². The molecule has 0 heterocycles. The second-order valence-electron chi connectivity index (χ2n) is 4.81. The molecule has 1 N–H and O–H groups in total. The van der Waals surface area contributed by atoms with Gasteiger partial charge in [0.05, 0.1) is 5.69 Å². The van der Waals surface area contributed by atoms with E-state index in [1.165, 1.54) is 11.1 Å². The predicted octanol–water partition coefficient (Wildman–Crippen LogP) is 4.09. The number of rotatable bonds is 5. The molecular weight excluding hydrogens is 232 g/mol. The Kier molecular flexibility index (Phi) is 4.87. The van der Waals surface area contributed by atoms with Gasteiger partial charge in [0.15, 0.2) is 0 Å². The smallest absolute Gasteiger partial charge is 0.0628 e. The van der Waals surface area contributed by atoms with Crippen LogP contribution in [0.5, 0.6) is 0 Å². The number of hydrogen-bond acceptors (Lipinski definition) is 2. The van der Waals surface area contributed by atoms with Crippen molar-refractivity contribution in [1.29, 1.82) is 0 Å². The molecule has 0 fully saturated rings. The molecule has 0 radical (unpaired) electrons. The Morgan fingerprint density at radius 1 is 0.842 bits per heavy atom. The summed E-state index contributed by atoms with van der Waals surface area (Å²) in [6.45, 7) is 5.80. The highest BCUT2D eigenvalue weighted by atomic mass is 14.8. The molecule has 2 nitrogen and oxygen atoms in total. The maximum Gasteiger partial charge on any atom is 0.0628 e. The third-order valence-corrected chi connectivity index (χ3v) is 2.79. The predicted molar refractivity (Wildman–Crippen MR) is 81.9 cm³/mol. The fourth-order valence-corrected chi connectivity index (χ4v) is 1.89. The quantitative estimate of drug-likeness (QED) is 0.796. The maximum atomic E-state index is 4.42. The topological polar surface area (TPSA) is 24.4 Å². The Balaban J connectivity index is 1.85. The van der Waals surface area contributed by atoms with Crippen LogP contribution in [-0.4, -0.2) is 5.71 Å². The first kappa shape index (κ1) is 13.5. The Bertz CT molecular complexity index is 523. The molecule has 0 aliphatic heterocycles. The lowest BCUT2D eigenvalue weighted by molar-refractivity contribution is 0.693. The molecule has 19 heavy (non-hydrogen) atoms. The summed E-state index contributed by atoms with van der Waals surface area (Å²) in [5.41, 5.74) is 4.69. The maximum absolute atomic E-state index is 4.42. The average Bonchev–Trinajstić information content (AvgIpc) is 2.41. The lowest BCUT2D eigenvalue weighted by Gasteiger charge is -2.05. The molecule has 2 aromatic carbocycles. The van der Waals surface area contributed by atoms with Gasteiger partial charge in [0, 0.05) is 18.8 Å². The van der Waals surface area contributed by atoms with Gasteiger partial charge in [-0.2, -0.15) is 0 Å². The normalized spacial score (nSPS) is 10.2. The van der Waals surface area contributed by atoms with Crippen molar-refractivity contribution in [3.8, 4) is 0 Å². The van der Waals surface area contributed by atoms with Crippen LogP contribution < -0.4 is 5.32 Å². The van der Waals surface area contributed by atoms with Crippen LogP contribution in [0.2, 0.25) is 0 Å². The van der Waals surface area contributed by atoms with Crippen LogP contribution in [0.3, 0.4) is 0 Å². The van der Waals surface area contributed by atoms with Gasteiger partial charge in [-0.05, 0) is 37.1 Å². The summed E-state index contributed by atoms with van der Waals surface area (Å²) in [4.78, 5) is 4.42. The summed E-state index contributed by atoms with van der Waals surface area (Å²) in [6.07, 6.45) is 0. The zero-order chi connectivity index (χ0) is 13.5. The van der Waals surface area contributed by atoms with Gasteiger partial charge in [0.2, 0.25) is 0 Å². The second-order valence-corrected chi connectivity index (χ2v) is 4.81. The first-order chi connectivity index (χ1) is 9.24. The second kappa shape index (κ2) is 6.86. The van der Waals surface area contributed by atoms with Gasteiger partial charge in [0.1, 0.15) is 0 Å². The first-order valence-electron chi connectivity index (χ1n) is 6.59. The van der Waals surface area contributed by atoms with E-state index in [4.69, 9.17) is 0 Å². The van der Waals surface area contributed by atoms with Crippen molar-refractivity contribution >= 4 is 11.4 Å². The van der Waals surface area contributed by atoms with Crippen LogP contribution in [0.4, 0.5) is 5.69 Å².